The van der Waals surface area contributed by atoms with Crippen molar-refractivity contribution >= 4 is 27.8 Å². The van der Waals surface area contributed by atoms with E-state index in [-0.39, 0.29) is 5.78 Å². The maximum atomic E-state index is 11.8. The smallest absolute Gasteiger partial charge is 0.185 e. The number of hydrogen-bond acceptors (Lipinski definition) is 1. The van der Waals surface area contributed by atoms with E-state index < -0.39 is 0 Å². The van der Waals surface area contributed by atoms with E-state index in [2.05, 4.69) is 15.9 Å². The van der Waals surface area contributed by atoms with E-state index in [1.807, 2.05) is 60.7 Å². The predicted molar refractivity (Wildman–Crippen MR) is 73.9 cm³/mol. The Bertz CT molecular complexity index is 544. The zero-order chi connectivity index (χ0) is 12.1. The highest BCUT2D eigenvalue weighted by molar-refractivity contribution is 9.10. The van der Waals surface area contributed by atoms with Crippen LogP contribution in [-0.4, -0.2) is 5.78 Å². The summed E-state index contributed by atoms with van der Waals surface area (Å²) in [5.41, 5.74) is 1.70. The molecule has 0 N–H and O–H groups in total. The van der Waals surface area contributed by atoms with E-state index in [4.69, 9.17) is 0 Å². The number of hydrogen-bond donors (Lipinski definition) is 0. The molecule has 0 unspecified atom stereocenters. The first-order chi connectivity index (χ1) is 8.27. The number of carbonyl (C=O) groups is 1. The number of carbonyl (C=O) groups excluding carboxylic acids is 1. The van der Waals surface area contributed by atoms with E-state index >= 15 is 0 Å². The quantitative estimate of drug-likeness (QED) is 0.606. The molecule has 1 nitrogen and oxygen atoms in total. The van der Waals surface area contributed by atoms with Crippen LogP contribution in [0.5, 0.6) is 0 Å². The third kappa shape index (κ3) is 3.14. The van der Waals surface area contributed by atoms with Gasteiger partial charge in [-0.05, 0) is 23.8 Å². The van der Waals surface area contributed by atoms with Crippen LogP contribution >= 0.6 is 15.9 Å². The molecule has 0 atom stereocenters. The average Bonchev–Trinajstić information content (AvgIpc) is 2.38. The fraction of sp³-hybridized carbons (Fsp3) is 0. The molecule has 0 aliphatic rings. The average molecular weight is 287 g/mol. The molecule has 0 amide bonds. The summed E-state index contributed by atoms with van der Waals surface area (Å²) in [6, 6.07) is 17.0. The molecule has 0 spiro atoms. The van der Waals surface area contributed by atoms with Gasteiger partial charge in [-0.25, -0.2) is 0 Å². The van der Waals surface area contributed by atoms with Crippen LogP contribution in [0.15, 0.2) is 65.1 Å². The lowest BCUT2D eigenvalue weighted by atomic mass is 10.1. The largest absolute Gasteiger partial charge is 0.289 e. The molecule has 2 rings (SSSR count). The van der Waals surface area contributed by atoms with Crippen LogP contribution in [0.3, 0.4) is 0 Å². The van der Waals surface area contributed by atoms with E-state index in [1.165, 1.54) is 0 Å². The first-order valence-electron chi connectivity index (χ1n) is 5.29. The van der Waals surface area contributed by atoms with Gasteiger partial charge in [0, 0.05) is 10.0 Å². The summed E-state index contributed by atoms with van der Waals surface area (Å²) in [4.78, 5) is 11.8. The summed E-state index contributed by atoms with van der Waals surface area (Å²) < 4.78 is 0.983. The molecule has 0 radical (unpaired) electrons. The standard InChI is InChI=1S/C15H11BrO/c16-14-9-5-4-6-12(14)10-11-15(17)13-7-2-1-3-8-13/h1-11H/b11-10+. The maximum Gasteiger partial charge on any atom is 0.185 e. The van der Waals surface area contributed by atoms with Gasteiger partial charge in [0.25, 0.3) is 0 Å². The minimum Gasteiger partial charge on any atom is -0.289 e. The van der Waals surface area contributed by atoms with Gasteiger partial charge in [0.1, 0.15) is 0 Å². The zero-order valence-corrected chi connectivity index (χ0v) is 10.7. The highest BCUT2D eigenvalue weighted by atomic mass is 79.9. The Balaban J connectivity index is 2.17. The maximum absolute atomic E-state index is 11.8. The zero-order valence-electron chi connectivity index (χ0n) is 9.14. The Labute approximate surface area is 109 Å². The summed E-state index contributed by atoms with van der Waals surface area (Å²) in [5.74, 6) is 0.0151. The molecule has 0 heterocycles. The molecule has 2 aromatic carbocycles. The van der Waals surface area contributed by atoms with E-state index in [0.29, 0.717) is 5.56 Å². The number of benzene rings is 2. The number of ketones is 1. The molecule has 2 heteroatoms. The van der Waals surface area contributed by atoms with Crippen molar-refractivity contribution in [3.05, 3.63) is 76.3 Å². The van der Waals surface area contributed by atoms with Gasteiger partial charge in [-0.2, -0.15) is 0 Å². The van der Waals surface area contributed by atoms with E-state index in [9.17, 15) is 4.79 Å². The highest BCUT2D eigenvalue weighted by Gasteiger charge is 2.00. The molecular formula is C15H11BrO. The van der Waals surface area contributed by atoms with E-state index in [0.717, 1.165) is 10.0 Å². The third-order valence-corrected chi connectivity index (χ3v) is 3.10. The minimum absolute atomic E-state index is 0.0151. The van der Waals surface area contributed by atoms with Crippen molar-refractivity contribution in [2.75, 3.05) is 0 Å². The highest BCUT2D eigenvalue weighted by Crippen LogP contribution is 2.17. The first-order valence-corrected chi connectivity index (χ1v) is 6.08. The van der Waals surface area contributed by atoms with Crippen LogP contribution in [0.2, 0.25) is 0 Å². The number of allylic oxidation sites excluding steroid dienone is 1. The van der Waals surface area contributed by atoms with Gasteiger partial charge < -0.3 is 0 Å². The number of rotatable bonds is 3. The molecule has 2 aromatic rings. The topological polar surface area (TPSA) is 17.1 Å². The lowest BCUT2D eigenvalue weighted by molar-refractivity contribution is 0.104. The second-order valence-corrected chi connectivity index (χ2v) is 4.44. The van der Waals surface area contributed by atoms with Gasteiger partial charge in [-0.15, -0.1) is 0 Å². The van der Waals surface area contributed by atoms with Crippen molar-refractivity contribution in [3.8, 4) is 0 Å². The minimum atomic E-state index is 0.0151. The SMILES string of the molecule is O=C(/C=C/c1ccccc1Br)c1ccccc1. The van der Waals surface area contributed by atoms with Crippen molar-refractivity contribution in [2.24, 2.45) is 0 Å². The van der Waals surface area contributed by atoms with Gasteiger partial charge in [0.15, 0.2) is 5.78 Å². The second-order valence-electron chi connectivity index (χ2n) is 3.59. The molecule has 17 heavy (non-hydrogen) atoms. The van der Waals surface area contributed by atoms with Crippen LogP contribution in [0.1, 0.15) is 15.9 Å². The first kappa shape index (κ1) is 11.8. The van der Waals surface area contributed by atoms with Crippen LogP contribution in [0, 0.1) is 0 Å². The van der Waals surface area contributed by atoms with Gasteiger partial charge in [0.05, 0.1) is 0 Å². The number of halogens is 1. The molecule has 0 bridgehead atoms. The van der Waals surface area contributed by atoms with Crippen LogP contribution in [-0.2, 0) is 0 Å². The fourth-order valence-corrected chi connectivity index (χ4v) is 1.89. The summed E-state index contributed by atoms with van der Waals surface area (Å²) in [6.45, 7) is 0. The third-order valence-electron chi connectivity index (χ3n) is 2.38. The molecule has 0 aliphatic carbocycles. The molecule has 84 valence electrons. The van der Waals surface area contributed by atoms with Crippen LogP contribution < -0.4 is 0 Å². The van der Waals surface area contributed by atoms with Gasteiger partial charge in [-0.1, -0.05) is 64.5 Å². The summed E-state index contributed by atoms with van der Waals surface area (Å²) in [7, 11) is 0. The van der Waals surface area contributed by atoms with Crippen LogP contribution in [0.25, 0.3) is 6.08 Å². The second kappa shape index (κ2) is 5.60. The van der Waals surface area contributed by atoms with E-state index in [1.54, 1.807) is 6.08 Å². The van der Waals surface area contributed by atoms with Crippen LogP contribution in [0.4, 0.5) is 0 Å². The van der Waals surface area contributed by atoms with Crippen molar-refractivity contribution in [2.45, 2.75) is 0 Å². The summed E-state index contributed by atoms with van der Waals surface area (Å²) in [6.07, 6.45) is 3.41. The van der Waals surface area contributed by atoms with Crippen molar-refractivity contribution in [1.29, 1.82) is 0 Å². The molecule has 0 fully saturated rings. The van der Waals surface area contributed by atoms with Gasteiger partial charge in [0.2, 0.25) is 0 Å². The molecule has 0 aliphatic heterocycles. The van der Waals surface area contributed by atoms with Gasteiger partial charge in [-0.3, -0.25) is 4.79 Å². The van der Waals surface area contributed by atoms with Crippen molar-refractivity contribution < 1.29 is 4.79 Å². The summed E-state index contributed by atoms with van der Waals surface area (Å²) >= 11 is 3.44. The Hall–Kier alpha value is -1.67. The van der Waals surface area contributed by atoms with Gasteiger partial charge >= 0.3 is 0 Å². The monoisotopic (exact) mass is 286 g/mol. The van der Waals surface area contributed by atoms with Crippen molar-refractivity contribution in [1.82, 2.24) is 0 Å². The molecule has 0 saturated heterocycles. The Morgan fingerprint density at radius 1 is 0.941 bits per heavy atom. The normalized spacial score (nSPS) is 10.6. The fourth-order valence-electron chi connectivity index (χ4n) is 1.47. The molecular weight excluding hydrogens is 276 g/mol. The lowest BCUT2D eigenvalue weighted by Crippen LogP contribution is -1.92. The summed E-state index contributed by atoms with van der Waals surface area (Å²) in [5, 5.41) is 0. The van der Waals surface area contributed by atoms with Crippen molar-refractivity contribution in [3.63, 3.8) is 0 Å². The Kier molecular flexibility index (Phi) is 3.89. The molecule has 0 aromatic heterocycles. The Morgan fingerprint density at radius 2 is 1.59 bits per heavy atom. The predicted octanol–water partition coefficient (Wildman–Crippen LogP) is 4.35. The lowest BCUT2D eigenvalue weighted by Gasteiger charge is -1.97. The Morgan fingerprint density at radius 3 is 2.29 bits per heavy atom. The molecule has 0 saturated carbocycles.